The lowest BCUT2D eigenvalue weighted by Crippen LogP contribution is -2.36. The van der Waals surface area contributed by atoms with Gasteiger partial charge in [-0.1, -0.05) is 6.92 Å². The predicted octanol–water partition coefficient (Wildman–Crippen LogP) is 0.0511. The van der Waals surface area contributed by atoms with E-state index in [0.717, 1.165) is 6.42 Å². The maximum absolute atomic E-state index is 11.0. The minimum absolute atomic E-state index is 0.0103. The van der Waals surface area contributed by atoms with E-state index < -0.39 is 6.10 Å². The molecule has 0 saturated heterocycles. The molecule has 0 aliphatic rings. The molecule has 0 rings (SSSR count). The number of hydrogen-bond donors (Lipinski definition) is 3. The molecule has 0 aliphatic carbocycles. The topological polar surface area (TPSA) is 78.8 Å². The molecule has 0 radical (unpaired) electrons. The molecule has 0 spiro atoms. The Morgan fingerprint density at radius 1 is 1.44 bits per heavy atom. The summed E-state index contributed by atoms with van der Waals surface area (Å²) >= 11 is 0. The molecular formula is C11H23NO4. The van der Waals surface area contributed by atoms with Crippen molar-refractivity contribution in [3.63, 3.8) is 0 Å². The number of carbonyl (C=O) groups is 1. The van der Waals surface area contributed by atoms with Crippen molar-refractivity contribution in [3.8, 4) is 0 Å². The summed E-state index contributed by atoms with van der Waals surface area (Å²) in [5.41, 5.74) is 0. The second-order valence-corrected chi connectivity index (χ2v) is 3.69. The van der Waals surface area contributed by atoms with Gasteiger partial charge in [-0.25, -0.2) is 0 Å². The SMILES string of the molecule is CCOC(=O)CC(O)CNC(CC)CCO. The third kappa shape index (κ3) is 7.62. The number of nitrogens with one attached hydrogen (secondary N) is 1. The highest BCUT2D eigenvalue weighted by Gasteiger charge is 2.13. The summed E-state index contributed by atoms with van der Waals surface area (Å²) < 4.78 is 4.73. The van der Waals surface area contributed by atoms with E-state index >= 15 is 0 Å². The Morgan fingerprint density at radius 2 is 2.12 bits per heavy atom. The van der Waals surface area contributed by atoms with Gasteiger partial charge in [0.1, 0.15) is 0 Å². The molecule has 5 heteroatoms. The van der Waals surface area contributed by atoms with E-state index in [4.69, 9.17) is 9.84 Å². The molecule has 2 unspecified atom stereocenters. The van der Waals surface area contributed by atoms with Gasteiger partial charge >= 0.3 is 5.97 Å². The van der Waals surface area contributed by atoms with Gasteiger partial charge < -0.3 is 20.3 Å². The summed E-state index contributed by atoms with van der Waals surface area (Å²) in [5, 5.41) is 21.4. The highest BCUT2D eigenvalue weighted by Crippen LogP contribution is 1.99. The number of esters is 1. The van der Waals surface area contributed by atoms with Crippen molar-refractivity contribution in [2.45, 2.75) is 45.3 Å². The van der Waals surface area contributed by atoms with Gasteiger partial charge in [0, 0.05) is 19.2 Å². The van der Waals surface area contributed by atoms with Crippen LogP contribution in [0.25, 0.3) is 0 Å². The number of ether oxygens (including phenoxy) is 1. The van der Waals surface area contributed by atoms with Crippen LogP contribution >= 0.6 is 0 Å². The van der Waals surface area contributed by atoms with Gasteiger partial charge in [-0.05, 0) is 19.8 Å². The zero-order valence-electron chi connectivity index (χ0n) is 10.1. The molecule has 0 saturated carbocycles. The molecule has 0 aromatic carbocycles. The summed E-state index contributed by atoms with van der Waals surface area (Å²) in [7, 11) is 0. The van der Waals surface area contributed by atoms with E-state index in [-0.39, 0.29) is 25.0 Å². The molecule has 2 atom stereocenters. The van der Waals surface area contributed by atoms with Crippen molar-refractivity contribution >= 4 is 5.97 Å². The predicted molar refractivity (Wildman–Crippen MR) is 61.0 cm³/mol. The Hall–Kier alpha value is -0.650. The average molecular weight is 233 g/mol. The number of aliphatic hydroxyl groups is 2. The third-order valence-electron chi connectivity index (χ3n) is 2.32. The second kappa shape index (κ2) is 9.57. The van der Waals surface area contributed by atoms with E-state index in [9.17, 15) is 9.90 Å². The van der Waals surface area contributed by atoms with Crippen LogP contribution in [0.2, 0.25) is 0 Å². The fraction of sp³-hybridized carbons (Fsp3) is 0.909. The maximum Gasteiger partial charge on any atom is 0.308 e. The minimum Gasteiger partial charge on any atom is -0.466 e. The van der Waals surface area contributed by atoms with Crippen LogP contribution in [0.5, 0.6) is 0 Å². The fourth-order valence-corrected chi connectivity index (χ4v) is 1.39. The molecule has 0 aromatic rings. The molecule has 0 aromatic heterocycles. The highest BCUT2D eigenvalue weighted by atomic mass is 16.5. The lowest BCUT2D eigenvalue weighted by Gasteiger charge is -2.18. The van der Waals surface area contributed by atoms with Gasteiger partial charge in [-0.3, -0.25) is 4.79 Å². The van der Waals surface area contributed by atoms with E-state index in [2.05, 4.69) is 5.32 Å². The van der Waals surface area contributed by atoms with Gasteiger partial charge in [-0.15, -0.1) is 0 Å². The smallest absolute Gasteiger partial charge is 0.308 e. The van der Waals surface area contributed by atoms with Gasteiger partial charge in [-0.2, -0.15) is 0 Å². The lowest BCUT2D eigenvalue weighted by atomic mass is 10.1. The van der Waals surface area contributed by atoms with Crippen LogP contribution in [0.1, 0.15) is 33.1 Å². The number of rotatable bonds is 9. The molecule has 0 bridgehead atoms. The van der Waals surface area contributed by atoms with Crippen molar-refractivity contribution in [1.82, 2.24) is 5.32 Å². The molecule has 96 valence electrons. The van der Waals surface area contributed by atoms with Crippen LogP contribution in [0.4, 0.5) is 0 Å². The van der Waals surface area contributed by atoms with E-state index in [1.165, 1.54) is 0 Å². The first-order valence-corrected chi connectivity index (χ1v) is 5.81. The van der Waals surface area contributed by atoms with Crippen LogP contribution < -0.4 is 5.32 Å². The zero-order valence-corrected chi connectivity index (χ0v) is 10.1. The Labute approximate surface area is 96.8 Å². The molecule has 0 fully saturated rings. The van der Waals surface area contributed by atoms with E-state index in [1.807, 2.05) is 6.92 Å². The van der Waals surface area contributed by atoms with Crippen LogP contribution in [-0.4, -0.2) is 48.1 Å². The van der Waals surface area contributed by atoms with Crippen molar-refractivity contribution in [3.05, 3.63) is 0 Å². The van der Waals surface area contributed by atoms with Crippen molar-refractivity contribution < 1.29 is 19.7 Å². The summed E-state index contributed by atoms with van der Waals surface area (Å²) in [6.45, 7) is 4.54. The normalized spacial score (nSPS) is 14.5. The van der Waals surface area contributed by atoms with Gasteiger partial charge in [0.05, 0.1) is 19.1 Å². The average Bonchev–Trinajstić information content (AvgIpc) is 2.24. The number of hydrogen-bond acceptors (Lipinski definition) is 5. The first kappa shape index (κ1) is 15.3. The van der Waals surface area contributed by atoms with E-state index in [1.54, 1.807) is 6.92 Å². The van der Waals surface area contributed by atoms with Crippen LogP contribution in [-0.2, 0) is 9.53 Å². The van der Waals surface area contributed by atoms with Crippen LogP contribution in [0.15, 0.2) is 0 Å². The molecule has 3 N–H and O–H groups in total. The van der Waals surface area contributed by atoms with Crippen molar-refractivity contribution in [2.75, 3.05) is 19.8 Å². The maximum atomic E-state index is 11.0. The van der Waals surface area contributed by atoms with Crippen LogP contribution in [0, 0.1) is 0 Å². The standard InChI is InChI=1S/C11H23NO4/c1-3-9(5-6-13)12-8-10(14)7-11(15)16-4-2/h9-10,12-14H,3-8H2,1-2H3. The van der Waals surface area contributed by atoms with Gasteiger partial charge in [0.15, 0.2) is 0 Å². The zero-order chi connectivity index (χ0) is 12.4. The Kier molecular flexibility index (Phi) is 9.18. The summed E-state index contributed by atoms with van der Waals surface area (Å²) in [4.78, 5) is 11.0. The quantitative estimate of drug-likeness (QED) is 0.490. The summed E-state index contributed by atoms with van der Waals surface area (Å²) in [6, 6.07) is 0.182. The Bertz CT molecular complexity index is 187. The second-order valence-electron chi connectivity index (χ2n) is 3.69. The highest BCUT2D eigenvalue weighted by molar-refractivity contribution is 5.69. The minimum atomic E-state index is -0.730. The van der Waals surface area contributed by atoms with Crippen molar-refractivity contribution in [1.29, 1.82) is 0 Å². The monoisotopic (exact) mass is 233 g/mol. The molecule has 16 heavy (non-hydrogen) atoms. The number of carbonyl (C=O) groups excluding carboxylic acids is 1. The van der Waals surface area contributed by atoms with Crippen molar-refractivity contribution in [2.24, 2.45) is 0 Å². The Morgan fingerprint density at radius 3 is 2.62 bits per heavy atom. The first-order chi connectivity index (χ1) is 7.63. The fourth-order valence-electron chi connectivity index (χ4n) is 1.39. The Balaban J connectivity index is 3.69. The number of aliphatic hydroxyl groups excluding tert-OH is 2. The summed E-state index contributed by atoms with van der Waals surface area (Å²) in [6.07, 6.45) is 0.818. The summed E-state index contributed by atoms with van der Waals surface area (Å²) in [5.74, 6) is -0.382. The lowest BCUT2D eigenvalue weighted by molar-refractivity contribution is -0.145. The molecular weight excluding hydrogens is 210 g/mol. The van der Waals surface area contributed by atoms with Gasteiger partial charge in [0.2, 0.25) is 0 Å². The third-order valence-corrected chi connectivity index (χ3v) is 2.32. The van der Waals surface area contributed by atoms with Crippen LogP contribution in [0.3, 0.4) is 0 Å². The van der Waals surface area contributed by atoms with Gasteiger partial charge in [0.25, 0.3) is 0 Å². The molecule has 0 heterocycles. The largest absolute Gasteiger partial charge is 0.466 e. The molecule has 5 nitrogen and oxygen atoms in total. The molecule has 0 amide bonds. The first-order valence-electron chi connectivity index (χ1n) is 5.81. The molecule has 0 aliphatic heterocycles. The van der Waals surface area contributed by atoms with E-state index in [0.29, 0.717) is 19.6 Å².